The van der Waals surface area contributed by atoms with E-state index in [-0.39, 0.29) is 23.8 Å². The highest BCUT2D eigenvalue weighted by atomic mass is 16.4. The predicted octanol–water partition coefficient (Wildman–Crippen LogP) is 0.0246. The fourth-order valence-corrected chi connectivity index (χ4v) is 2.60. The lowest BCUT2D eigenvalue weighted by molar-refractivity contribution is -0.142. The molecule has 0 aromatic heterocycles. The highest BCUT2D eigenvalue weighted by Crippen LogP contribution is 2.24. The van der Waals surface area contributed by atoms with Crippen LogP contribution in [0.1, 0.15) is 38.5 Å². The summed E-state index contributed by atoms with van der Waals surface area (Å²) in [6, 6.07) is -0.361. The molecule has 0 aromatic rings. The van der Waals surface area contributed by atoms with Crippen LogP contribution in [0.15, 0.2) is 0 Å². The van der Waals surface area contributed by atoms with Crippen molar-refractivity contribution in [2.24, 2.45) is 5.92 Å². The van der Waals surface area contributed by atoms with E-state index < -0.39 is 12.0 Å². The van der Waals surface area contributed by atoms with E-state index in [1.54, 1.807) is 0 Å². The lowest BCUT2D eigenvalue weighted by Crippen LogP contribution is -2.47. The molecule has 1 saturated carbocycles. The van der Waals surface area contributed by atoms with Crippen molar-refractivity contribution in [2.45, 2.75) is 50.6 Å². The van der Waals surface area contributed by atoms with Crippen molar-refractivity contribution < 1.29 is 19.5 Å². The third-order valence-corrected chi connectivity index (χ3v) is 3.73. The van der Waals surface area contributed by atoms with Crippen LogP contribution in [0.25, 0.3) is 0 Å². The first-order valence-electron chi connectivity index (χ1n) is 6.39. The molecule has 2 rings (SSSR count). The molecule has 1 aliphatic heterocycles. The minimum absolute atomic E-state index is 0.0469. The summed E-state index contributed by atoms with van der Waals surface area (Å²) >= 11 is 0. The van der Waals surface area contributed by atoms with Gasteiger partial charge in [0.1, 0.15) is 6.04 Å². The number of nitrogens with one attached hydrogen (secondary N) is 2. The molecule has 0 aromatic carbocycles. The summed E-state index contributed by atoms with van der Waals surface area (Å²) in [5, 5.41) is 14.4. The van der Waals surface area contributed by atoms with Crippen molar-refractivity contribution in [3.05, 3.63) is 0 Å². The fourth-order valence-electron chi connectivity index (χ4n) is 2.60. The average Bonchev–Trinajstić information content (AvgIpc) is 2.76. The summed E-state index contributed by atoms with van der Waals surface area (Å²) in [4.78, 5) is 33.6. The molecule has 6 nitrogen and oxygen atoms in total. The molecular formula is C12H18N2O4. The van der Waals surface area contributed by atoms with Gasteiger partial charge in [-0.3, -0.25) is 14.4 Å². The Morgan fingerprint density at radius 3 is 2.33 bits per heavy atom. The molecule has 100 valence electrons. The maximum atomic E-state index is 11.8. The van der Waals surface area contributed by atoms with Crippen molar-refractivity contribution in [1.29, 1.82) is 0 Å². The monoisotopic (exact) mass is 254 g/mol. The van der Waals surface area contributed by atoms with Gasteiger partial charge in [-0.1, -0.05) is 0 Å². The van der Waals surface area contributed by atoms with E-state index in [1.165, 1.54) is 0 Å². The van der Waals surface area contributed by atoms with Gasteiger partial charge in [-0.15, -0.1) is 0 Å². The zero-order valence-corrected chi connectivity index (χ0v) is 10.1. The normalized spacial score (nSPS) is 31.8. The zero-order valence-electron chi connectivity index (χ0n) is 10.1. The molecule has 1 atom stereocenters. The molecule has 2 aliphatic rings. The fraction of sp³-hybridized carbons (Fsp3) is 0.750. The lowest BCUT2D eigenvalue weighted by atomic mass is 9.86. The zero-order chi connectivity index (χ0) is 13.1. The van der Waals surface area contributed by atoms with Gasteiger partial charge in [-0.25, -0.2) is 0 Å². The molecule has 2 amide bonds. The van der Waals surface area contributed by atoms with Crippen LogP contribution in [0.2, 0.25) is 0 Å². The third kappa shape index (κ3) is 3.00. The first kappa shape index (κ1) is 12.9. The first-order chi connectivity index (χ1) is 8.56. The molecule has 18 heavy (non-hydrogen) atoms. The van der Waals surface area contributed by atoms with Crippen LogP contribution in [-0.4, -0.2) is 35.0 Å². The molecule has 1 aliphatic carbocycles. The Kier molecular flexibility index (Phi) is 3.84. The minimum Gasteiger partial charge on any atom is -0.481 e. The molecule has 3 N–H and O–H groups in total. The van der Waals surface area contributed by atoms with Gasteiger partial charge >= 0.3 is 5.97 Å². The summed E-state index contributed by atoms with van der Waals surface area (Å²) in [6.07, 6.45) is 3.57. The van der Waals surface area contributed by atoms with Crippen LogP contribution >= 0.6 is 0 Å². The number of carbonyl (C=O) groups is 3. The molecule has 1 unspecified atom stereocenters. The van der Waals surface area contributed by atoms with E-state index in [0.29, 0.717) is 38.5 Å². The predicted molar refractivity (Wildman–Crippen MR) is 62.7 cm³/mol. The maximum absolute atomic E-state index is 11.8. The summed E-state index contributed by atoms with van der Waals surface area (Å²) in [5.41, 5.74) is 0. The quantitative estimate of drug-likeness (QED) is 0.662. The average molecular weight is 254 g/mol. The van der Waals surface area contributed by atoms with Crippen LogP contribution in [0, 0.1) is 5.92 Å². The highest BCUT2D eigenvalue weighted by Gasteiger charge is 2.31. The summed E-state index contributed by atoms with van der Waals surface area (Å²) in [6.45, 7) is 0. The summed E-state index contributed by atoms with van der Waals surface area (Å²) in [5.74, 6) is -1.24. The van der Waals surface area contributed by atoms with Crippen molar-refractivity contribution in [3.63, 3.8) is 0 Å². The van der Waals surface area contributed by atoms with Crippen LogP contribution in [0.4, 0.5) is 0 Å². The number of hydrogen-bond donors (Lipinski definition) is 3. The van der Waals surface area contributed by atoms with Crippen LogP contribution in [0.5, 0.6) is 0 Å². The van der Waals surface area contributed by atoms with E-state index in [1.807, 2.05) is 0 Å². The van der Waals surface area contributed by atoms with E-state index in [4.69, 9.17) is 5.11 Å². The lowest BCUT2D eigenvalue weighted by Gasteiger charge is -2.27. The number of carboxylic acids is 1. The van der Waals surface area contributed by atoms with Gasteiger partial charge in [0.15, 0.2) is 0 Å². The molecule has 1 heterocycles. The Morgan fingerprint density at radius 2 is 1.83 bits per heavy atom. The van der Waals surface area contributed by atoms with Gasteiger partial charge in [0.2, 0.25) is 11.8 Å². The van der Waals surface area contributed by atoms with E-state index in [2.05, 4.69) is 10.6 Å². The molecule has 0 radical (unpaired) electrons. The maximum Gasteiger partial charge on any atom is 0.306 e. The Morgan fingerprint density at radius 1 is 1.17 bits per heavy atom. The smallest absolute Gasteiger partial charge is 0.306 e. The van der Waals surface area contributed by atoms with Crippen LogP contribution in [0.3, 0.4) is 0 Å². The molecular weight excluding hydrogens is 236 g/mol. The molecule has 1 saturated heterocycles. The number of rotatable bonds is 3. The van der Waals surface area contributed by atoms with Gasteiger partial charge in [-0.2, -0.15) is 0 Å². The summed E-state index contributed by atoms with van der Waals surface area (Å²) < 4.78 is 0. The van der Waals surface area contributed by atoms with Crippen LogP contribution in [-0.2, 0) is 14.4 Å². The third-order valence-electron chi connectivity index (χ3n) is 3.73. The van der Waals surface area contributed by atoms with E-state index in [0.717, 1.165) is 0 Å². The van der Waals surface area contributed by atoms with Gasteiger partial charge in [-0.05, 0) is 32.1 Å². The first-order valence-corrected chi connectivity index (χ1v) is 6.39. The van der Waals surface area contributed by atoms with Crippen molar-refractivity contribution in [2.75, 3.05) is 0 Å². The Labute approximate surface area is 105 Å². The second-order valence-corrected chi connectivity index (χ2v) is 5.05. The largest absolute Gasteiger partial charge is 0.481 e. The van der Waals surface area contributed by atoms with Crippen molar-refractivity contribution in [3.8, 4) is 0 Å². The second-order valence-electron chi connectivity index (χ2n) is 5.05. The van der Waals surface area contributed by atoms with Crippen molar-refractivity contribution >= 4 is 17.8 Å². The van der Waals surface area contributed by atoms with Crippen molar-refractivity contribution in [1.82, 2.24) is 10.6 Å². The number of aliphatic carboxylic acids is 1. The van der Waals surface area contributed by atoms with Gasteiger partial charge < -0.3 is 15.7 Å². The number of carbonyl (C=O) groups excluding carboxylic acids is 2. The minimum atomic E-state index is -0.747. The standard InChI is InChI=1S/C12H18N2O4/c15-10-6-5-9(14-10)11(16)13-8-3-1-7(2-4-8)12(17)18/h7-9H,1-6H2,(H,13,16)(H,14,15)(H,17,18). The van der Waals surface area contributed by atoms with Gasteiger partial charge in [0.05, 0.1) is 5.92 Å². The molecule has 6 heteroatoms. The second kappa shape index (κ2) is 5.37. The Bertz CT molecular complexity index is 361. The summed E-state index contributed by atoms with van der Waals surface area (Å²) in [7, 11) is 0. The van der Waals surface area contributed by atoms with E-state index in [9.17, 15) is 14.4 Å². The van der Waals surface area contributed by atoms with Crippen LogP contribution < -0.4 is 10.6 Å². The molecule has 2 fully saturated rings. The Balaban J connectivity index is 1.76. The number of amides is 2. The van der Waals surface area contributed by atoms with Gasteiger partial charge in [0.25, 0.3) is 0 Å². The SMILES string of the molecule is O=C1CCC(C(=O)NC2CCC(C(=O)O)CC2)N1. The molecule has 0 spiro atoms. The highest BCUT2D eigenvalue weighted by molar-refractivity contribution is 5.90. The van der Waals surface area contributed by atoms with Gasteiger partial charge in [0, 0.05) is 12.5 Å². The molecule has 0 bridgehead atoms. The topological polar surface area (TPSA) is 95.5 Å². The Hall–Kier alpha value is -1.59. The van der Waals surface area contributed by atoms with E-state index >= 15 is 0 Å². The number of hydrogen-bond acceptors (Lipinski definition) is 3. The number of carboxylic acid groups (broad SMARTS) is 1.